The monoisotopic (exact) mass is 336 g/mol. The zero-order valence-corrected chi connectivity index (χ0v) is 12.3. The van der Waals surface area contributed by atoms with E-state index >= 15 is 0 Å². The molecule has 0 aliphatic heterocycles. The predicted octanol–water partition coefficient (Wildman–Crippen LogP) is 2.96. The standard InChI is InChI=1S/C14H13BrN2O3/c1-10(20-13-7-3-2-6-12(13)15)14(18)17-16-9-11-5-4-8-19-11/h2-10H,1H3,(H,17,18)/b16-9-/t10-/m0/s1. The number of hydrazone groups is 1. The highest BCUT2D eigenvalue weighted by atomic mass is 79.9. The summed E-state index contributed by atoms with van der Waals surface area (Å²) < 4.78 is 11.4. The summed E-state index contributed by atoms with van der Waals surface area (Å²) in [5.41, 5.74) is 2.39. The van der Waals surface area contributed by atoms with Gasteiger partial charge in [-0.05, 0) is 47.1 Å². The van der Waals surface area contributed by atoms with E-state index in [0.717, 1.165) is 4.47 Å². The molecule has 0 aliphatic rings. The fourth-order valence-electron chi connectivity index (χ4n) is 1.40. The summed E-state index contributed by atoms with van der Waals surface area (Å²) in [7, 11) is 0. The first-order chi connectivity index (χ1) is 9.66. The number of amides is 1. The first-order valence-electron chi connectivity index (χ1n) is 5.94. The van der Waals surface area contributed by atoms with E-state index in [1.165, 1.54) is 12.5 Å². The van der Waals surface area contributed by atoms with Crippen LogP contribution in [0.1, 0.15) is 12.7 Å². The molecule has 0 fully saturated rings. The number of ether oxygens (including phenoxy) is 1. The molecule has 5 nitrogen and oxygen atoms in total. The van der Waals surface area contributed by atoms with Crippen molar-refractivity contribution < 1.29 is 13.9 Å². The number of benzene rings is 1. The molecule has 1 heterocycles. The van der Waals surface area contributed by atoms with Gasteiger partial charge in [0.25, 0.3) is 5.91 Å². The molecule has 1 aromatic heterocycles. The highest BCUT2D eigenvalue weighted by Crippen LogP contribution is 2.24. The molecular formula is C14H13BrN2O3. The van der Waals surface area contributed by atoms with Gasteiger partial charge in [0, 0.05) is 0 Å². The molecule has 2 aromatic rings. The lowest BCUT2D eigenvalue weighted by Gasteiger charge is -2.13. The van der Waals surface area contributed by atoms with Crippen LogP contribution in [0.5, 0.6) is 5.75 Å². The molecule has 1 aromatic carbocycles. The van der Waals surface area contributed by atoms with E-state index in [2.05, 4.69) is 26.5 Å². The molecule has 104 valence electrons. The molecule has 6 heteroatoms. The predicted molar refractivity (Wildman–Crippen MR) is 78.7 cm³/mol. The minimum atomic E-state index is -0.664. The molecule has 0 aliphatic carbocycles. The molecule has 0 unspecified atom stereocenters. The van der Waals surface area contributed by atoms with Crippen molar-refractivity contribution in [2.75, 3.05) is 0 Å². The largest absolute Gasteiger partial charge is 0.480 e. The number of hydrogen-bond acceptors (Lipinski definition) is 4. The van der Waals surface area contributed by atoms with Crippen molar-refractivity contribution in [2.45, 2.75) is 13.0 Å². The lowest BCUT2D eigenvalue weighted by atomic mass is 10.3. The number of halogens is 1. The van der Waals surface area contributed by atoms with E-state index in [1.54, 1.807) is 25.1 Å². The van der Waals surface area contributed by atoms with Crippen LogP contribution in [0.2, 0.25) is 0 Å². The van der Waals surface area contributed by atoms with Crippen molar-refractivity contribution in [1.82, 2.24) is 5.43 Å². The Bertz CT molecular complexity index is 596. The molecule has 1 N–H and O–H groups in total. The van der Waals surface area contributed by atoms with Gasteiger partial charge in [0.2, 0.25) is 0 Å². The summed E-state index contributed by atoms with van der Waals surface area (Å²) in [6, 6.07) is 10.8. The number of para-hydroxylation sites is 1. The van der Waals surface area contributed by atoms with Crippen LogP contribution in [-0.4, -0.2) is 18.2 Å². The van der Waals surface area contributed by atoms with Gasteiger partial charge in [0.05, 0.1) is 17.0 Å². The Morgan fingerprint density at radius 1 is 1.40 bits per heavy atom. The summed E-state index contributed by atoms with van der Waals surface area (Å²) in [4.78, 5) is 11.8. The Kier molecular flexibility index (Phi) is 4.95. The highest BCUT2D eigenvalue weighted by molar-refractivity contribution is 9.10. The fourth-order valence-corrected chi connectivity index (χ4v) is 1.78. The van der Waals surface area contributed by atoms with E-state index in [4.69, 9.17) is 9.15 Å². The van der Waals surface area contributed by atoms with Gasteiger partial charge in [-0.15, -0.1) is 0 Å². The second-order valence-electron chi connectivity index (χ2n) is 3.94. The van der Waals surface area contributed by atoms with Gasteiger partial charge >= 0.3 is 0 Å². The van der Waals surface area contributed by atoms with Crippen molar-refractivity contribution in [3.63, 3.8) is 0 Å². The normalized spacial score (nSPS) is 12.3. The van der Waals surface area contributed by atoms with E-state index < -0.39 is 6.10 Å². The SMILES string of the molecule is C[C@H](Oc1ccccc1Br)C(=O)N/N=C\c1ccco1. The zero-order chi connectivity index (χ0) is 14.4. The number of carbonyl (C=O) groups excluding carboxylic acids is 1. The minimum absolute atomic E-state index is 0.344. The summed E-state index contributed by atoms with van der Waals surface area (Å²) in [6.07, 6.45) is 2.28. The summed E-state index contributed by atoms with van der Waals surface area (Å²) >= 11 is 3.35. The van der Waals surface area contributed by atoms with Crippen molar-refractivity contribution in [3.8, 4) is 5.75 Å². The van der Waals surface area contributed by atoms with E-state index in [9.17, 15) is 4.79 Å². The van der Waals surface area contributed by atoms with E-state index in [1.807, 2.05) is 18.2 Å². The third kappa shape index (κ3) is 3.96. The van der Waals surface area contributed by atoms with Crippen LogP contribution in [0.3, 0.4) is 0 Å². The topological polar surface area (TPSA) is 63.8 Å². The Morgan fingerprint density at radius 2 is 2.20 bits per heavy atom. The smallest absolute Gasteiger partial charge is 0.280 e. The molecule has 2 rings (SSSR count). The number of hydrogen-bond donors (Lipinski definition) is 1. The maximum absolute atomic E-state index is 11.8. The maximum Gasteiger partial charge on any atom is 0.280 e. The Labute approximate surface area is 124 Å². The average molecular weight is 337 g/mol. The number of furan rings is 1. The van der Waals surface area contributed by atoms with Crippen LogP contribution in [0.4, 0.5) is 0 Å². The summed E-state index contributed by atoms with van der Waals surface area (Å²) in [6.45, 7) is 1.65. The number of nitrogens with zero attached hydrogens (tertiary/aromatic N) is 1. The molecular weight excluding hydrogens is 324 g/mol. The third-order valence-electron chi connectivity index (χ3n) is 2.42. The van der Waals surface area contributed by atoms with Crippen molar-refractivity contribution >= 4 is 28.1 Å². The lowest BCUT2D eigenvalue weighted by Crippen LogP contribution is -2.33. The molecule has 0 spiro atoms. The van der Waals surface area contributed by atoms with Crippen LogP contribution in [-0.2, 0) is 4.79 Å². The Morgan fingerprint density at radius 3 is 2.90 bits per heavy atom. The summed E-state index contributed by atoms with van der Waals surface area (Å²) in [5, 5.41) is 3.79. The average Bonchev–Trinajstić information content (AvgIpc) is 2.94. The van der Waals surface area contributed by atoms with Crippen LogP contribution in [0, 0.1) is 0 Å². The van der Waals surface area contributed by atoms with Crippen molar-refractivity contribution in [3.05, 3.63) is 52.9 Å². The van der Waals surface area contributed by atoms with Gasteiger partial charge in [-0.1, -0.05) is 12.1 Å². The van der Waals surface area contributed by atoms with Gasteiger partial charge in [-0.2, -0.15) is 5.10 Å². The molecule has 0 bridgehead atoms. The van der Waals surface area contributed by atoms with Crippen LogP contribution in [0.15, 0.2) is 56.7 Å². The van der Waals surface area contributed by atoms with E-state index in [0.29, 0.717) is 11.5 Å². The van der Waals surface area contributed by atoms with E-state index in [-0.39, 0.29) is 5.91 Å². The molecule has 20 heavy (non-hydrogen) atoms. The third-order valence-corrected chi connectivity index (χ3v) is 3.07. The molecule has 0 radical (unpaired) electrons. The van der Waals surface area contributed by atoms with Gasteiger partial charge < -0.3 is 9.15 Å². The highest BCUT2D eigenvalue weighted by Gasteiger charge is 2.15. The molecule has 1 amide bonds. The second kappa shape index (κ2) is 6.91. The van der Waals surface area contributed by atoms with Gasteiger partial charge in [-0.3, -0.25) is 4.79 Å². The van der Waals surface area contributed by atoms with Crippen LogP contribution in [0.25, 0.3) is 0 Å². The lowest BCUT2D eigenvalue weighted by molar-refractivity contribution is -0.127. The zero-order valence-electron chi connectivity index (χ0n) is 10.7. The van der Waals surface area contributed by atoms with Crippen molar-refractivity contribution in [1.29, 1.82) is 0 Å². The fraction of sp³-hybridized carbons (Fsp3) is 0.143. The first-order valence-corrected chi connectivity index (χ1v) is 6.73. The van der Waals surface area contributed by atoms with Crippen LogP contribution < -0.4 is 10.2 Å². The Hall–Kier alpha value is -2.08. The summed E-state index contributed by atoms with van der Waals surface area (Å²) in [5.74, 6) is 0.818. The second-order valence-corrected chi connectivity index (χ2v) is 4.79. The number of carbonyl (C=O) groups is 1. The molecule has 0 saturated carbocycles. The number of rotatable bonds is 5. The number of nitrogens with one attached hydrogen (secondary N) is 1. The Balaban J connectivity index is 1.88. The molecule has 1 atom stereocenters. The first kappa shape index (κ1) is 14.3. The maximum atomic E-state index is 11.8. The van der Waals surface area contributed by atoms with Gasteiger partial charge in [0.15, 0.2) is 6.10 Å². The minimum Gasteiger partial charge on any atom is -0.480 e. The van der Waals surface area contributed by atoms with Crippen molar-refractivity contribution in [2.24, 2.45) is 5.10 Å². The molecule has 0 saturated heterocycles. The van der Waals surface area contributed by atoms with Gasteiger partial charge in [0.1, 0.15) is 11.5 Å². The van der Waals surface area contributed by atoms with Gasteiger partial charge in [-0.25, -0.2) is 5.43 Å². The van der Waals surface area contributed by atoms with Crippen LogP contribution >= 0.6 is 15.9 Å². The quantitative estimate of drug-likeness (QED) is 0.674.